The van der Waals surface area contributed by atoms with Crippen LogP contribution in [0.5, 0.6) is 0 Å². The molecule has 0 unspecified atom stereocenters. The minimum absolute atomic E-state index is 0.470. The third kappa shape index (κ3) is 24.2. The summed E-state index contributed by atoms with van der Waals surface area (Å²) in [7, 11) is 0. The van der Waals surface area contributed by atoms with Crippen LogP contribution >= 0.6 is 23.2 Å². The van der Waals surface area contributed by atoms with Crippen molar-refractivity contribution in [3.05, 3.63) is 333 Å². The van der Waals surface area contributed by atoms with Gasteiger partial charge in [-0.25, -0.2) is 0 Å². The molecule has 566 valence electrons. The SMILES string of the molecule is CC(C)c1cccnc1CN(CCC1=CN=CC1)Cc1ncccc1C(C)C.Cc1cccnc1CN(CCC1=CN=CC1)Cc1nccc2ccccc12.Clc1cccnc1CN(CCC1=CN=CC1)Cc1nccc2ccccc12.Clc1cccnc1CN(CCC1=CN=CC1)Cc1ncccc1-c1ccccc1. The van der Waals surface area contributed by atoms with E-state index in [4.69, 9.17) is 38.2 Å². The van der Waals surface area contributed by atoms with Gasteiger partial charge in [0.2, 0.25) is 0 Å². The summed E-state index contributed by atoms with van der Waals surface area (Å²) in [4.78, 5) is 63.6. The largest absolute Gasteiger partial charge is 0.291 e. The molecule has 12 heterocycles. The molecule has 16 nitrogen and oxygen atoms in total. The highest BCUT2D eigenvalue weighted by Gasteiger charge is 2.21. The highest BCUT2D eigenvalue weighted by Crippen LogP contribution is 2.30. The molecular formula is C93H100Cl2N16. The van der Waals surface area contributed by atoms with Crippen LogP contribution in [0, 0.1) is 6.92 Å². The van der Waals surface area contributed by atoms with E-state index in [1.165, 1.54) is 77.5 Å². The van der Waals surface area contributed by atoms with Crippen molar-refractivity contribution in [3.8, 4) is 11.1 Å². The highest BCUT2D eigenvalue weighted by molar-refractivity contribution is 6.31. The van der Waals surface area contributed by atoms with Gasteiger partial charge < -0.3 is 0 Å². The molecule has 3 aromatic carbocycles. The zero-order valence-electron chi connectivity index (χ0n) is 64.5. The number of aliphatic imine (C=N–C) groups is 4. The van der Waals surface area contributed by atoms with Gasteiger partial charge in [0.15, 0.2) is 0 Å². The van der Waals surface area contributed by atoms with Crippen molar-refractivity contribution in [2.45, 2.75) is 150 Å². The fourth-order valence-corrected chi connectivity index (χ4v) is 14.3. The summed E-state index contributed by atoms with van der Waals surface area (Å²) in [6, 6.07) is 55.7. The van der Waals surface area contributed by atoms with E-state index in [2.05, 4.69) is 208 Å². The number of pyridine rings is 8. The second-order valence-corrected chi connectivity index (χ2v) is 29.8. The first-order valence-electron chi connectivity index (χ1n) is 38.7. The van der Waals surface area contributed by atoms with Crippen molar-refractivity contribution in [2.24, 2.45) is 20.0 Å². The average Bonchev–Trinajstić information content (AvgIpc) is 1.36. The Balaban J connectivity index is 0.000000138. The highest BCUT2D eigenvalue weighted by atomic mass is 35.5. The Labute approximate surface area is 665 Å². The molecule has 0 amide bonds. The van der Waals surface area contributed by atoms with Gasteiger partial charge in [-0.15, -0.1) is 0 Å². The number of hydrogen-bond donors (Lipinski definition) is 0. The van der Waals surface area contributed by atoms with Crippen LogP contribution in [0.1, 0.15) is 153 Å². The summed E-state index contributed by atoms with van der Waals surface area (Å²) in [5, 5.41) is 6.28. The molecule has 0 spiro atoms. The molecule has 0 atom stereocenters. The number of aryl methyl sites for hydroxylation is 1. The van der Waals surface area contributed by atoms with Crippen LogP contribution < -0.4 is 0 Å². The van der Waals surface area contributed by atoms with E-state index in [-0.39, 0.29) is 0 Å². The monoisotopic (exact) mass is 1510 g/mol. The molecule has 8 aromatic heterocycles. The van der Waals surface area contributed by atoms with E-state index in [1.54, 1.807) is 12.4 Å². The summed E-state index contributed by atoms with van der Waals surface area (Å²) in [6.07, 6.45) is 38.7. The van der Waals surface area contributed by atoms with Crippen molar-refractivity contribution in [1.29, 1.82) is 0 Å². The van der Waals surface area contributed by atoms with Gasteiger partial charge in [0.1, 0.15) is 0 Å². The average molecular weight is 1510 g/mol. The Hall–Kier alpha value is -10.6. The summed E-state index contributed by atoms with van der Waals surface area (Å²) in [6.45, 7) is 21.0. The quantitative estimate of drug-likeness (QED) is 0.0404. The van der Waals surface area contributed by atoms with Crippen LogP contribution in [0.2, 0.25) is 10.0 Å². The van der Waals surface area contributed by atoms with Crippen LogP contribution in [0.4, 0.5) is 0 Å². The lowest BCUT2D eigenvalue weighted by molar-refractivity contribution is 0.251. The van der Waals surface area contributed by atoms with Crippen LogP contribution in [-0.4, -0.2) is 111 Å². The number of hydrogen-bond acceptors (Lipinski definition) is 16. The number of halogens is 2. The van der Waals surface area contributed by atoms with Gasteiger partial charge in [-0.2, -0.15) is 0 Å². The first-order valence-corrected chi connectivity index (χ1v) is 39.5. The summed E-state index contributed by atoms with van der Waals surface area (Å²) < 4.78 is 0. The van der Waals surface area contributed by atoms with Gasteiger partial charge in [-0.05, 0) is 160 Å². The first-order chi connectivity index (χ1) is 54.4. The predicted octanol–water partition coefficient (Wildman–Crippen LogP) is 20.7. The van der Waals surface area contributed by atoms with Gasteiger partial charge in [0, 0.05) is 220 Å². The van der Waals surface area contributed by atoms with Crippen molar-refractivity contribution in [2.75, 3.05) is 26.2 Å². The van der Waals surface area contributed by atoms with Crippen molar-refractivity contribution >= 4 is 69.6 Å². The molecule has 111 heavy (non-hydrogen) atoms. The first kappa shape index (κ1) is 80.0. The van der Waals surface area contributed by atoms with Crippen LogP contribution in [0.25, 0.3) is 32.7 Å². The Bertz CT molecular complexity index is 4880. The Morgan fingerprint density at radius 2 is 0.631 bits per heavy atom. The summed E-state index contributed by atoms with van der Waals surface area (Å²) in [5.74, 6) is 0.940. The van der Waals surface area contributed by atoms with E-state index in [9.17, 15) is 0 Å². The molecule has 4 aliphatic rings. The van der Waals surface area contributed by atoms with Crippen LogP contribution in [0.3, 0.4) is 0 Å². The number of benzene rings is 3. The number of nitrogens with zero attached hydrogens (tertiary/aromatic N) is 16. The van der Waals surface area contributed by atoms with E-state index < -0.39 is 0 Å². The molecule has 0 fully saturated rings. The van der Waals surface area contributed by atoms with Crippen molar-refractivity contribution in [1.82, 2.24) is 59.5 Å². The lowest BCUT2D eigenvalue weighted by Crippen LogP contribution is -2.27. The van der Waals surface area contributed by atoms with E-state index in [0.29, 0.717) is 35.0 Å². The maximum Gasteiger partial charge on any atom is 0.0729 e. The van der Waals surface area contributed by atoms with Gasteiger partial charge >= 0.3 is 0 Å². The third-order valence-electron chi connectivity index (χ3n) is 20.2. The second kappa shape index (κ2) is 42.0. The Morgan fingerprint density at radius 1 is 0.306 bits per heavy atom. The minimum atomic E-state index is 0.470. The van der Waals surface area contributed by atoms with Gasteiger partial charge in [-0.3, -0.25) is 79.4 Å². The van der Waals surface area contributed by atoms with Gasteiger partial charge in [0.25, 0.3) is 0 Å². The summed E-state index contributed by atoms with van der Waals surface area (Å²) >= 11 is 12.7. The zero-order valence-corrected chi connectivity index (χ0v) is 66.0. The summed E-state index contributed by atoms with van der Waals surface area (Å²) in [5.41, 5.74) is 20.3. The Kier molecular flexibility index (Phi) is 30.3. The molecular weight excluding hydrogens is 1410 g/mol. The maximum atomic E-state index is 6.39. The molecule has 15 rings (SSSR count). The lowest BCUT2D eigenvalue weighted by atomic mass is 9.99. The maximum absolute atomic E-state index is 6.39. The molecule has 4 aliphatic heterocycles. The van der Waals surface area contributed by atoms with E-state index in [0.717, 1.165) is 157 Å². The lowest BCUT2D eigenvalue weighted by Gasteiger charge is -2.25. The molecule has 11 aromatic rings. The van der Waals surface area contributed by atoms with Gasteiger partial charge in [-0.1, -0.05) is 154 Å². The molecule has 0 N–H and O–H groups in total. The minimum Gasteiger partial charge on any atom is -0.291 e. The normalized spacial score (nSPS) is 13.5. The fourth-order valence-electron chi connectivity index (χ4n) is 14.0. The molecule has 0 bridgehead atoms. The number of rotatable bonds is 31. The molecule has 0 radical (unpaired) electrons. The van der Waals surface area contributed by atoms with E-state index >= 15 is 0 Å². The smallest absolute Gasteiger partial charge is 0.0729 e. The van der Waals surface area contributed by atoms with E-state index in [1.807, 2.05) is 141 Å². The van der Waals surface area contributed by atoms with Crippen molar-refractivity contribution < 1.29 is 0 Å². The van der Waals surface area contributed by atoms with Gasteiger partial charge in [0.05, 0.1) is 55.6 Å². The zero-order chi connectivity index (χ0) is 76.8. The van der Waals surface area contributed by atoms with Crippen LogP contribution in [0.15, 0.2) is 280 Å². The number of fused-ring (bicyclic) bond motifs is 2. The third-order valence-corrected chi connectivity index (χ3v) is 20.9. The number of aromatic nitrogens is 8. The topological polar surface area (TPSA) is 166 Å². The van der Waals surface area contributed by atoms with Crippen molar-refractivity contribution in [3.63, 3.8) is 0 Å². The fraction of sp³-hybridized carbons (Fsp3) is 0.290. The molecule has 0 saturated heterocycles. The standard InChI is InChI=1S/C24H23ClN4.C24H32N4.C23H24N4.C22H21ClN4/c25-22-9-5-13-28-24(22)18-29(15-11-19-10-14-26-16-19)17-23-21(8-4-12-27-23)20-6-2-1-3-7-20;1-18(2)21-7-5-11-26-23(21)16-28(14-10-20-9-13-25-15-20)17-24-22(19(3)4)8-6-12-27-24;1-18-5-4-11-25-22(18)16-27(14-10-19-8-12-24-15-19)17-23-21-7-3-2-6-20(21)9-13-26-23;23-20-6-3-10-25-22(20)16-27(13-9-17-7-11-24-14-17)15-21-19-5-2-1-4-18(19)8-12-26-21/h1-9,12-14,16H,10-11,15,17-18H2;5-8,11-13,15,18-19H,9-10,14,16-17H2,1-4H3;2-7,9,11-13,15H,8,10,14,16-17H2,1H3;1-6,8,10-12,14H,7,9,13,15-16H2. The Morgan fingerprint density at radius 3 is 1.03 bits per heavy atom. The molecule has 0 aliphatic carbocycles. The van der Waals surface area contributed by atoms with Crippen LogP contribution in [-0.2, 0) is 52.4 Å². The predicted molar refractivity (Wildman–Crippen MR) is 457 cm³/mol. The second-order valence-electron chi connectivity index (χ2n) is 29.0. The molecule has 18 heteroatoms. The molecule has 0 saturated carbocycles.